The lowest BCUT2D eigenvalue weighted by Crippen LogP contribution is -2.08. The van der Waals surface area contributed by atoms with Gasteiger partial charge in [0.25, 0.3) is 0 Å². The fraction of sp³-hybridized carbons (Fsp3) is 0.154. The van der Waals surface area contributed by atoms with Gasteiger partial charge in [0.1, 0.15) is 17.5 Å². The van der Waals surface area contributed by atoms with Crippen LogP contribution in [0.15, 0.2) is 30.3 Å². The van der Waals surface area contributed by atoms with E-state index in [1.54, 1.807) is 6.92 Å². The standard InChI is InChI=1S/C13H11F4N3/c1-7-4-9(14)2-3-10(7)19-12-6-8(13(15,16)17)5-11(18)20-12/h2-6H,1H3,(H3,18,19,20). The van der Waals surface area contributed by atoms with Gasteiger partial charge in [-0.15, -0.1) is 0 Å². The predicted molar refractivity (Wildman–Crippen MR) is 68.1 cm³/mol. The van der Waals surface area contributed by atoms with Crippen molar-refractivity contribution >= 4 is 17.3 Å². The molecule has 1 aromatic heterocycles. The third kappa shape index (κ3) is 3.17. The molecule has 1 aromatic carbocycles. The Morgan fingerprint density at radius 2 is 1.85 bits per heavy atom. The first kappa shape index (κ1) is 14.1. The number of hydrogen-bond donors (Lipinski definition) is 2. The van der Waals surface area contributed by atoms with Gasteiger partial charge in [-0.05, 0) is 42.8 Å². The van der Waals surface area contributed by atoms with Crippen molar-refractivity contribution in [2.45, 2.75) is 13.1 Å². The van der Waals surface area contributed by atoms with Crippen molar-refractivity contribution in [1.29, 1.82) is 0 Å². The Morgan fingerprint density at radius 3 is 2.45 bits per heavy atom. The van der Waals surface area contributed by atoms with Gasteiger partial charge in [-0.3, -0.25) is 0 Å². The number of nitrogens with zero attached hydrogens (tertiary/aromatic N) is 1. The summed E-state index contributed by atoms with van der Waals surface area (Å²) in [6.07, 6.45) is -4.51. The summed E-state index contributed by atoms with van der Waals surface area (Å²) in [5.41, 5.74) is 5.47. The van der Waals surface area contributed by atoms with Gasteiger partial charge in [-0.2, -0.15) is 13.2 Å². The Labute approximate surface area is 112 Å². The van der Waals surface area contributed by atoms with E-state index in [2.05, 4.69) is 10.3 Å². The first-order valence-corrected chi connectivity index (χ1v) is 5.63. The molecule has 106 valence electrons. The first-order valence-electron chi connectivity index (χ1n) is 5.63. The van der Waals surface area contributed by atoms with Crippen molar-refractivity contribution in [1.82, 2.24) is 4.98 Å². The second kappa shape index (κ2) is 4.99. The molecule has 2 aromatic rings. The summed E-state index contributed by atoms with van der Waals surface area (Å²) in [7, 11) is 0. The van der Waals surface area contributed by atoms with Crippen LogP contribution in [-0.4, -0.2) is 4.98 Å². The topological polar surface area (TPSA) is 50.9 Å². The maximum atomic E-state index is 13.0. The summed E-state index contributed by atoms with van der Waals surface area (Å²) in [4.78, 5) is 3.78. The van der Waals surface area contributed by atoms with Crippen LogP contribution in [0.1, 0.15) is 11.1 Å². The average molecular weight is 285 g/mol. The second-order valence-corrected chi connectivity index (χ2v) is 4.25. The molecular formula is C13H11F4N3. The number of pyridine rings is 1. The van der Waals surface area contributed by atoms with Gasteiger partial charge >= 0.3 is 6.18 Å². The van der Waals surface area contributed by atoms with Gasteiger partial charge in [0.2, 0.25) is 0 Å². The summed E-state index contributed by atoms with van der Waals surface area (Å²) in [5.74, 6) is -0.723. The molecule has 0 aliphatic rings. The molecule has 0 unspecified atom stereocenters. The minimum atomic E-state index is -4.51. The van der Waals surface area contributed by atoms with Crippen molar-refractivity contribution in [3.05, 3.63) is 47.3 Å². The number of benzene rings is 1. The lowest BCUT2D eigenvalue weighted by molar-refractivity contribution is -0.137. The zero-order valence-electron chi connectivity index (χ0n) is 10.4. The second-order valence-electron chi connectivity index (χ2n) is 4.25. The summed E-state index contributed by atoms with van der Waals surface area (Å²) >= 11 is 0. The maximum Gasteiger partial charge on any atom is 0.416 e. The number of rotatable bonds is 2. The van der Waals surface area contributed by atoms with E-state index in [1.807, 2.05) is 0 Å². The average Bonchev–Trinajstić information content (AvgIpc) is 2.31. The quantitative estimate of drug-likeness (QED) is 0.823. The summed E-state index contributed by atoms with van der Waals surface area (Å²) < 4.78 is 50.9. The Bertz CT molecular complexity index is 638. The normalized spacial score (nSPS) is 11.4. The number of nitrogen functional groups attached to an aromatic ring is 1. The van der Waals surface area contributed by atoms with Crippen molar-refractivity contribution < 1.29 is 17.6 Å². The van der Waals surface area contributed by atoms with Crippen LogP contribution in [0.4, 0.5) is 34.9 Å². The number of anilines is 3. The Morgan fingerprint density at radius 1 is 1.15 bits per heavy atom. The molecule has 0 atom stereocenters. The van der Waals surface area contributed by atoms with E-state index in [0.717, 1.165) is 12.1 Å². The number of alkyl halides is 3. The first-order chi connectivity index (χ1) is 9.25. The zero-order chi connectivity index (χ0) is 14.9. The number of hydrogen-bond acceptors (Lipinski definition) is 3. The van der Waals surface area contributed by atoms with Gasteiger partial charge in [0, 0.05) is 5.69 Å². The van der Waals surface area contributed by atoms with E-state index in [-0.39, 0.29) is 11.6 Å². The molecule has 0 aliphatic carbocycles. The van der Waals surface area contributed by atoms with Gasteiger partial charge in [0.05, 0.1) is 5.56 Å². The lowest BCUT2D eigenvalue weighted by Gasteiger charge is -2.12. The molecule has 3 N–H and O–H groups in total. The largest absolute Gasteiger partial charge is 0.416 e. The fourth-order valence-electron chi connectivity index (χ4n) is 1.68. The van der Waals surface area contributed by atoms with Crippen LogP contribution >= 0.6 is 0 Å². The van der Waals surface area contributed by atoms with Crippen LogP contribution in [0.3, 0.4) is 0 Å². The molecule has 0 saturated heterocycles. The van der Waals surface area contributed by atoms with Crippen molar-refractivity contribution in [3.8, 4) is 0 Å². The van der Waals surface area contributed by atoms with E-state index < -0.39 is 17.6 Å². The molecule has 1 heterocycles. The molecule has 0 bridgehead atoms. The third-order valence-corrected chi connectivity index (χ3v) is 2.62. The van der Waals surface area contributed by atoms with E-state index in [9.17, 15) is 17.6 Å². The molecule has 7 heteroatoms. The summed E-state index contributed by atoms with van der Waals surface area (Å²) in [6.45, 7) is 1.63. The lowest BCUT2D eigenvalue weighted by atomic mass is 10.2. The molecular weight excluding hydrogens is 274 g/mol. The predicted octanol–water partition coefficient (Wildman–Crippen LogP) is 3.87. The zero-order valence-corrected chi connectivity index (χ0v) is 10.4. The Kier molecular flexibility index (Phi) is 3.52. The number of nitrogens with one attached hydrogen (secondary N) is 1. The van der Waals surface area contributed by atoms with E-state index in [4.69, 9.17) is 5.73 Å². The van der Waals surface area contributed by atoms with Crippen molar-refractivity contribution in [2.24, 2.45) is 0 Å². The molecule has 0 amide bonds. The van der Waals surface area contributed by atoms with Gasteiger partial charge in [-0.25, -0.2) is 9.37 Å². The summed E-state index contributed by atoms with van der Waals surface area (Å²) in [5, 5.41) is 2.69. The van der Waals surface area contributed by atoms with E-state index >= 15 is 0 Å². The highest BCUT2D eigenvalue weighted by molar-refractivity contribution is 5.62. The van der Waals surface area contributed by atoms with Crippen LogP contribution in [0.5, 0.6) is 0 Å². The molecule has 3 nitrogen and oxygen atoms in total. The van der Waals surface area contributed by atoms with Crippen LogP contribution < -0.4 is 11.1 Å². The van der Waals surface area contributed by atoms with Crippen molar-refractivity contribution in [2.75, 3.05) is 11.1 Å². The minimum Gasteiger partial charge on any atom is -0.384 e. The highest BCUT2D eigenvalue weighted by Gasteiger charge is 2.31. The molecule has 20 heavy (non-hydrogen) atoms. The molecule has 0 spiro atoms. The molecule has 0 aliphatic heterocycles. The maximum absolute atomic E-state index is 13.0. The fourth-order valence-corrected chi connectivity index (χ4v) is 1.68. The van der Waals surface area contributed by atoms with Crippen LogP contribution in [-0.2, 0) is 6.18 Å². The van der Waals surface area contributed by atoms with Gasteiger partial charge in [0.15, 0.2) is 0 Å². The Balaban J connectivity index is 2.36. The van der Waals surface area contributed by atoms with Crippen molar-refractivity contribution in [3.63, 3.8) is 0 Å². The number of aromatic nitrogens is 1. The van der Waals surface area contributed by atoms with Gasteiger partial charge < -0.3 is 11.1 Å². The highest BCUT2D eigenvalue weighted by atomic mass is 19.4. The third-order valence-electron chi connectivity index (χ3n) is 2.62. The smallest absolute Gasteiger partial charge is 0.384 e. The van der Waals surface area contributed by atoms with E-state index in [0.29, 0.717) is 11.3 Å². The molecule has 0 fully saturated rings. The van der Waals surface area contributed by atoms with Gasteiger partial charge in [-0.1, -0.05) is 0 Å². The Hall–Kier alpha value is -2.31. The molecule has 2 rings (SSSR count). The number of nitrogens with two attached hydrogens (primary N) is 1. The number of aryl methyl sites for hydroxylation is 1. The SMILES string of the molecule is Cc1cc(F)ccc1Nc1cc(C(F)(F)F)cc(N)n1. The monoisotopic (exact) mass is 285 g/mol. The molecule has 0 radical (unpaired) electrons. The van der Waals surface area contributed by atoms with E-state index in [1.165, 1.54) is 18.2 Å². The number of halogens is 4. The minimum absolute atomic E-state index is 0.0490. The highest BCUT2D eigenvalue weighted by Crippen LogP contribution is 2.32. The van der Waals surface area contributed by atoms with Crippen LogP contribution in [0.25, 0.3) is 0 Å². The molecule has 0 saturated carbocycles. The van der Waals surface area contributed by atoms with Crippen LogP contribution in [0, 0.1) is 12.7 Å². The van der Waals surface area contributed by atoms with Crippen LogP contribution in [0.2, 0.25) is 0 Å². The summed E-state index contributed by atoms with van der Waals surface area (Å²) in [6, 6.07) is 5.48.